The van der Waals surface area contributed by atoms with E-state index in [0.29, 0.717) is 5.92 Å². The van der Waals surface area contributed by atoms with E-state index in [1.165, 1.54) is 12.1 Å². The molecule has 0 aliphatic heterocycles. The standard InChI is InChI=1S/C13H15N3O2/c1-9(2)8-14-13-6-3-10-7-11(16(17)18)4-5-12(10)15-13/h3-7,9H,8H2,1-2H3,(H,14,15). The van der Waals surface area contributed by atoms with Crippen LogP contribution in [0, 0.1) is 16.0 Å². The maximum atomic E-state index is 10.7. The van der Waals surface area contributed by atoms with Crippen LogP contribution >= 0.6 is 0 Å². The number of hydrogen-bond acceptors (Lipinski definition) is 4. The molecule has 94 valence electrons. The van der Waals surface area contributed by atoms with Gasteiger partial charge in [-0.25, -0.2) is 4.98 Å². The van der Waals surface area contributed by atoms with Gasteiger partial charge in [-0.15, -0.1) is 0 Å². The fraction of sp³-hybridized carbons (Fsp3) is 0.308. The molecule has 0 amide bonds. The Morgan fingerprint density at radius 1 is 1.33 bits per heavy atom. The minimum absolute atomic E-state index is 0.0900. The van der Waals surface area contributed by atoms with Crippen molar-refractivity contribution in [3.05, 3.63) is 40.4 Å². The number of nitrogens with one attached hydrogen (secondary N) is 1. The second kappa shape index (κ2) is 5.00. The SMILES string of the molecule is CC(C)CNc1ccc2cc([N+](=O)[O-])ccc2n1. The van der Waals surface area contributed by atoms with E-state index < -0.39 is 4.92 Å². The highest BCUT2D eigenvalue weighted by Gasteiger charge is 2.07. The highest BCUT2D eigenvalue weighted by Crippen LogP contribution is 2.21. The summed E-state index contributed by atoms with van der Waals surface area (Å²) < 4.78 is 0. The lowest BCUT2D eigenvalue weighted by molar-refractivity contribution is -0.384. The third kappa shape index (κ3) is 2.74. The molecule has 0 aliphatic carbocycles. The molecule has 18 heavy (non-hydrogen) atoms. The second-order valence-electron chi connectivity index (χ2n) is 4.61. The van der Waals surface area contributed by atoms with Crippen molar-refractivity contribution in [2.75, 3.05) is 11.9 Å². The molecule has 0 bridgehead atoms. The van der Waals surface area contributed by atoms with Crippen LogP contribution in [0.5, 0.6) is 0 Å². The number of nitro groups is 1. The third-order valence-electron chi connectivity index (χ3n) is 2.58. The number of non-ortho nitro benzene ring substituents is 1. The molecule has 0 fully saturated rings. The Labute approximate surface area is 105 Å². The molecule has 1 N–H and O–H groups in total. The number of rotatable bonds is 4. The zero-order valence-electron chi connectivity index (χ0n) is 10.4. The number of nitrogens with zero attached hydrogens (tertiary/aromatic N) is 2. The summed E-state index contributed by atoms with van der Waals surface area (Å²) in [6.45, 7) is 5.10. The summed E-state index contributed by atoms with van der Waals surface area (Å²) in [5.74, 6) is 1.34. The van der Waals surface area contributed by atoms with Crippen LogP contribution in [0.4, 0.5) is 11.5 Å². The van der Waals surface area contributed by atoms with E-state index in [2.05, 4.69) is 24.1 Å². The van der Waals surface area contributed by atoms with Gasteiger partial charge < -0.3 is 5.32 Å². The van der Waals surface area contributed by atoms with E-state index in [-0.39, 0.29) is 5.69 Å². The topological polar surface area (TPSA) is 68.1 Å². The van der Waals surface area contributed by atoms with Gasteiger partial charge in [0.25, 0.3) is 5.69 Å². The van der Waals surface area contributed by atoms with E-state index in [9.17, 15) is 10.1 Å². The summed E-state index contributed by atoms with van der Waals surface area (Å²) >= 11 is 0. The van der Waals surface area contributed by atoms with Gasteiger partial charge in [0.15, 0.2) is 0 Å². The second-order valence-corrected chi connectivity index (χ2v) is 4.61. The highest BCUT2D eigenvalue weighted by atomic mass is 16.6. The van der Waals surface area contributed by atoms with Crippen LogP contribution in [0.2, 0.25) is 0 Å². The predicted molar refractivity (Wildman–Crippen MR) is 71.7 cm³/mol. The molecule has 0 aliphatic rings. The van der Waals surface area contributed by atoms with E-state index in [4.69, 9.17) is 0 Å². The lowest BCUT2D eigenvalue weighted by Gasteiger charge is -2.08. The molecule has 0 unspecified atom stereocenters. The lowest BCUT2D eigenvalue weighted by Crippen LogP contribution is -2.08. The summed E-state index contributed by atoms with van der Waals surface area (Å²) in [4.78, 5) is 14.7. The average Bonchev–Trinajstić information content (AvgIpc) is 2.35. The first kappa shape index (κ1) is 12.3. The lowest BCUT2D eigenvalue weighted by atomic mass is 10.2. The van der Waals surface area contributed by atoms with Crippen LogP contribution in [0.15, 0.2) is 30.3 Å². The first-order valence-corrected chi connectivity index (χ1v) is 5.85. The van der Waals surface area contributed by atoms with Crippen molar-refractivity contribution in [1.29, 1.82) is 0 Å². The van der Waals surface area contributed by atoms with Crippen LogP contribution in [-0.2, 0) is 0 Å². The van der Waals surface area contributed by atoms with Gasteiger partial charge in [-0.3, -0.25) is 10.1 Å². The van der Waals surface area contributed by atoms with Crippen molar-refractivity contribution in [3.8, 4) is 0 Å². The first-order chi connectivity index (χ1) is 8.56. The van der Waals surface area contributed by atoms with Crippen molar-refractivity contribution >= 4 is 22.4 Å². The van der Waals surface area contributed by atoms with Crippen molar-refractivity contribution in [3.63, 3.8) is 0 Å². The Morgan fingerprint density at radius 3 is 2.78 bits per heavy atom. The molecular formula is C13H15N3O2. The first-order valence-electron chi connectivity index (χ1n) is 5.85. The van der Waals surface area contributed by atoms with Crippen LogP contribution in [-0.4, -0.2) is 16.5 Å². The number of fused-ring (bicyclic) bond motifs is 1. The smallest absolute Gasteiger partial charge is 0.270 e. The van der Waals surface area contributed by atoms with E-state index in [1.807, 2.05) is 12.1 Å². The van der Waals surface area contributed by atoms with E-state index >= 15 is 0 Å². The maximum Gasteiger partial charge on any atom is 0.270 e. The Morgan fingerprint density at radius 2 is 2.11 bits per heavy atom. The quantitative estimate of drug-likeness (QED) is 0.663. The van der Waals surface area contributed by atoms with Crippen molar-refractivity contribution in [2.24, 2.45) is 5.92 Å². The minimum Gasteiger partial charge on any atom is -0.370 e. The highest BCUT2D eigenvalue weighted by molar-refractivity contribution is 5.82. The van der Waals surface area contributed by atoms with E-state index in [1.54, 1.807) is 6.07 Å². The Kier molecular flexibility index (Phi) is 3.41. The van der Waals surface area contributed by atoms with Crippen LogP contribution in [0.3, 0.4) is 0 Å². The fourth-order valence-electron chi connectivity index (χ4n) is 1.63. The summed E-state index contributed by atoms with van der Waals surface area (Å²) in [6.07, 6.45) is 0. The number of benzene rings is 1. The fourth-order valence-corrected chi connectivity index (χ4v) is 1.63. The van der Waals surface area contributed by atoms with Crippen LogP contribution in [0.25, 0.3) is 10.9 Å². The number of pyridine rings is 1. The van der Waals surface area contributed by atoms with Crippen LogP contribution < -0.4 is 5.32 Å². The molecular weight excluding hydrogens is 230 g/mol. The molecule has 5 nitrogen and oxygen atoms in total. The molecule has 0 radical (unpaired) electrons. The molecule has 2 aromatic rings. The van der Waals surface area contributed by atoms with Gasteiger partial charge in [0, 0.05) is 24.1 Å². The van der Waals surface area contributed by atoms with Crippen molar-refractivity contribution in [2.45, 2.75) is 13.8 Å². The number of hydrogen-bond donors (Lipinski definition) is 1. The molecule has 1 aromatic carbocycles. The van der Waals surface area contributed by atoms with Gasteiger partial charge in [-0.05, 0) is 24.1 Å². The Hall–Kier alpha value is -2.17. The van der Waals surface area contributed by atoms with Crippen LogP contribution in [0.1, 0.15) is 13.8 Å². The van der Waals surface area contributed by atoms with Crippen molar-refractivity contribution < 1.29 is 4.92 Å². The number of aromatic nitrogens is 1. The Bertz CT molecular complexity index is 581. The molecule has 0 spiro atoms. The predicted octanol–water partition coefficient (Wildman–Crippen LogP) is 3.21. The average molecular weight is 245 g/mol. The van der Waals surface area contributed by atoms with E-state index in [0.717, 1.165) is 23.3 Å². The number of nitro benzene ring substituents is 1. The normalized spacial score (nSPS) is 10.8. The van der Waals surface area contributed by atoms with Gasteiger partial charge in [-0.1, -0.05) is 13.8 Å². The zero-order chi connectivity index (χ0) is 13.1. The van der Waals surface area contributed by atoms with Gasteiger partial charge >= 0.3 is 0 Å². The molecule has 0 atom stereocenters. The molecule has 5 heteroatoms. The summed E-state index contributed by atoms with van der Waals surface area (Å²) in [7, 11) is 0. The molecule has 0 saturated carbocycles. The largest absolute Gasteiger partial charge is 0.370 e. The monoisotopic (exact) mass is 245 g/mol. The maximum absolute atomic E-state index is 10.7. The molecule has 2 rings (SSSR count). The third-order valence-corrected chi connectivity index (χ3v) is 2.58. The minimum atomic E-state index is -0.398. The Balaban J connectivity index is 2.29. The van der Waals surface area contributed by atoms with Gasteiger partial charge in [0.1, 0.15) is 5.82 Å². The molecule has 1 aromatic heterocycles. The summed E-state index contributed by atoms with van der Waals surface area (Å²) in [6, 6.07) is 8.37. The van der Waals surface area contributed by atoms with Gasteiger partial charge in [0.05, 0.1) is 10.4 Å². The summed E-state index contributed by atoms with van der Waals surface area (Å²) in [5, 5.41) is 14.7. The molecule has 0 saturated heterocycles. The number of anilines is 1. The van der Waals surface area contributed by atoms with Gasteiger partial charge in [0.2, 0.25) is 0 Å². The summed E-state index contributed by atoms with van der Waals surface area (Å²) in [5.41, 5.74) is 0.849. The van der Waals surface area contributed by atoms with Gasteiger partial charge in [-0.2, -0.15) is 0 Å². The van der Waals surface area contributed by atoms with Crippen molar-refractivity contribution in [1.82, 2.24) is 4.98 Å². The molecule has 1 heterocycles. The zero-order valence-corrected chi connectivity index (χ0v) is 10.4.